The highest BCUT2D eigenvalue weighted by molar-refractivity contribution is 5.88. The summed E-state index contributed by atoms with van der Waals surface area (Å²) >= 11 is 0. The van der Waals surface area contributed by atoms with Crippen LogP contribution in [0.4, 0.5) is 0 Å². The van der Waals surface area contributed by atoms with Crippen molar-refractivity contribution in [2.24, 2.45) is 0 Å². The molecular formula is C14H26N2O4. The summed E-state index contributed by atoms with van der Waals surface area (Å²) in [5.41, 5.74) is -0.555. The summed E-state index contributed by atoms with van der Waals surface area (Å²) < 4.78 is 5.10. The second-order valence-electron chi connectivity index (χ2n) is 5.67. The molecule has 0 aromatic rings. The molecule has 0 fully saturated rings. The molecule has 0 rings (SSSR count). The smallest absolute Gasteiger partial charge is 0.306 e. The second kappa shape index (κ2) is 8.55. The monoisotopic (exact) mass is 286 g/mol. The van der Waals surface area contributed by atoms with Gasteiger partial charge < -0.3 is 15.4 Å². The first-order valence-corrected chi connectivity index (χ1v) is 6.94. The molecule has 0 bridgehead atoms. The fourth-order valence-electron chi connectivity index (χ4n) is 1.39. The van der Waals surface area contributed by atoms with E-state index in [1.807, 2.05) is 6.92 Å². The van der Waals surface area contributed by atoms with Crippen molar-refractivity contribution >= 4 is 17.8 Å². The average molecular weight is 286 g/mol. The van der Waals surface area contributed by atoms with Gasteiger partial charge >= 0.3 is 5.97 Å². The van der Waals surface area contributed by atoms with Crippen LogP contribution in [0.5, 0.6) is 0 Å². The molecule has 0 saturated heterocycles. The molecule has 0 radical (unpaired) electrons. The molecule has 2 N–H and O–H groups in total. The van der Waals surface area contributed by atoms with Gasteiger partial charge in [0.15, 0.2) is 0 Å². The number of nitrogens with one attached hydrogen (secondary N) is 2. The van der Waals surface area contributed by atoms with Gasteiger partial charge in [-0.15, -0.1) is 0 Å². The maximum Gasteiger partial charge on any atom is 0.306 e. The first kappa shape index (κ1) is 18.4. The van der Waals surface area contributed by atoms with Crippen molar-refractivity contribution in [3.63, 3.8) is 0 Å². The highest BCUT2D eigenvalue weighted by Crippen LogP contribution is 2.09. The molecule has 0 aromatic heterocycles. The van der Waals surface area contributed by atoms with Crippen molar-refractivity contribution in [3.8, 4) is 0 Å². The lowest BCUT2D eigenvalue weighted by Gasteiger charge is -2.19. The molecule has 0 aliphatic rings. The van der Waals surface area contributed by atoms with Crippen molar-refractivity contribution in [2.75, 3.05) is 6.54 Å². The Morgan fingerprint density at radius 2 is 1.75 bits per heavy atom. The molecule has 0 spiro atoms. The van der Waals surface area contributed by atoms with Gasteiger partial charge in [0, 0.05) is 13.0 Å². The standard InChI is InChI=1S/C14H26N2O4/c1-6-9-15-13(19)10(2)16-11(17)7-8-12(18)20-14(3,4)5/h10H,6-9H2,1-5H3,(H,15,19)(H,16,17). The van der Waals surface area contributed by atoms with Gasteiger partial charge in [0.2, 0.25) is 11.8 Å². The van der Waals surface area contributed by atoms with Crippen molar-refractivity contribution in [2.45, 2.75) is 65.5 Å². The number of ether oxygens (including phenoxy) is 1. The minimum atomic E-state index is -0.604. The third-order valence-corrected chi connectivity index (χ3v) is 2.30. The Morgan fingerprint density at radius 3 is 2.25 bits per heavy atom. The molecule has 0 saturated carbocycles. The van der Waals surface area contributed by atoms with Gasteiger partial charge in [0.25, 0.3) is 0 Å². The van der Waals surface area contributed by atoms with Crippen LogP contribution in [0.2, 0.25) is 0 Å². The maximum atomic E-state index is 11.6. The Labute approximate surface area is 120 Å². The summed E-state index contributed by atoms with van der Waals surface area (Å²) in [6, 6.07) is -0.604. The first-order chi connectivity index (χ1) is 9.15. The van der Waals surface area contributed by atoms with Crippen LogP contribution in [-0.4, -0.2) is 36.0 Å². The van der Waals surface area contributed by atoms with Gasteiger partial charge in [-0.3, -0.25) is 14.4 Å². The van der Waals surface area contributed by atoms with E-state index in [-0.39, 0.29) is 24.7 Å². The number of hydrogen-bond acceptors (Lipinski definition) is 4. The van der Waals surface area contributed by atoms with E-state index in [4.69, 9.17) is 4.74 Å². The quantitative estimate of drug-likeness (QED) is 0.687. The fourth-order valence-corrected chi connectivity index (χ4v) is 1.39. The first-order valence-electron chi connectivity index (χ1n) is 6.94. The molecule has 0 heterocycles. The van der Waals surface area contributed by atoms with E-state index < -0.39 is 17.6 Å². The lowest BCUT2D eigenvalue weighted by atomic mass is 10.2. The predicted molar refractivity (Wildman–Crippen MR) is 76.0 cm³/mol. The second-order valence-corrected chi connectivity index (χ2v) is 5.67. The molecule has 0 aliphatic heterocycles. The molecule has 1 unspecified atom stereocenters. The van der Waals surface area contributed by atoms with Gasteiger partial charge in [-0.25, -0.2) is 0 Å². The largest absolute Gasteiger partial charge is 0.460 e. The van der Waals surface area contributed by atoms with E-state index >= 15 is 0 Å². The highest BCUT2D eigenvalue weighted by atomic mass is 16.6. The SMILES string of the molecule is CCCNC(=O)C(C)NC(=O)CCC(=O)OC(C)(C)C. The lowest BCUT2D eigenvalue weighted by molar-refractivity contribution is -0.155. The molecule has 2 amide bonds. The van der Waals surface area contributed by atoms with Crippen LogP contribution in [-0.2, 0) is 19.1 Å². The molecule has 0 aliphatic carbocycles. The molecule has 1 atom stereocenters. The predicted octanol–water partition coefficient (Wildman–Crippen LogP) is 1.14. The van der Waals surface area contributed by atoms with E-state index in [2.05, 4.69) is 10.6 Å². The topological polar surface area (TPSA) is 84.5 Å². The van der Waals surface area contributed by atoms with Crippen molar-refractivity contribution < 1.29 is 19.1 Å². The Kier molecular flexibility index (Phi) is 7.87. The van der Waals surface area contributed by atoms with Crippen molar-refractivity contribution in [3.05, 3.63) is 0 Å². The lowest BCUT2D eigenvalue weighted by Crippen LogP contribution is -2.45. The molecule has 116 valence electrons. The van der Waals surface area contributed by atoms with Crippen LogP contribution in [0.1, 0.15) is 53.9 Å². The van der Waals surface area contributed by atoms with Gasteiger partial charge in [-0.1, -0.05) is 6.92 Å². The Balaban J connectivity index is 3.99. The van der Waals surface area contributed by atoms with Crippen LogP contribution in [0.3, 0.4) is 0 Å². The van der Waals surface area contributed by atoms with E-state index in [1.54, 1.807) is 27.7 Å². The zero-order valence-electron chi connectivity index (χ0n) is 13.0. The maximum absolute atomic E-state index is 11.6. The zero-order chi connectivity index (χ0) is 15.8. The van der Waals surface area contributed by atoms with E-state index in [0.717, 1.165) is 6.42 Å². The fraction of sp³-hybridized carbons (Fsp3) is 0.786. The summed E-state index contributed by atoms with van der Waals surface area (Å²) in [4.78, 5) is 34.6. The third-order valence-electron chi connectivity index (χ3n) is 2.30. The van der Waals surface area contributed by atoms with Crippen molar-refractivity contribution in [1.29, 1.82) is 0 Å². The molecule has 0 aromatic carbocycles. The van der Waals surface area contributed by atoms with Crippen LogP contribution in [0.15, 0.2) is 0 Å². The van der Waals surface area contributed by atoms with Gasteiger partial charge in [0.05, 0.1) is 6.42 Å². The van der Waals surface area contributed by atoms with E-state index in [1.165, 1.54) is 0 Å². The Morgan fingerprint density at radius 1 is 1.15 bits per heavy atom. The van der Waals surface area contributed by atoms with Gasteiger partial charge in [-0.2, -0.15) is 0 Å². The minimum Gasteiger partial charge on any atom is -0.460 e. The summed E-state index contributed by atoms with van der Waals surface area (Å²) in [7, 11) is 0. The number of esters is 1. The number of rotatable bonds is 7. The van der Waals surface area contributed by atoms with Crippen LogP contribution in [0, 0.1) is 0 Å². The molecule has 20 heavy (non-hydrogen) atoms. The summed E-state index contributed by atoms with van der Waals surface area (Å²) in [5.74, 6) is -0.983. The summed E-state index contributed by atoms with van der Waals surface area (Å²) in [5, 5.41) is 5.24. The van der Waals surface area contributed by atoms with Crippen molar-refractivity contribution in [1.82, 2.24) is 10.6 Å². The summed E-state index contributed by atoms with van der Waals surface area (Å²) in [6.07, 6.45) is 0.859. The number of amides is 2. The van der Waals surface area contributed by atoms with Crippen LogP contribution >= 0.6 is 0 Å². The van der Waals surface area contributed by atoms with Gasteiger partial charge in [-0.05, 0) is 34.1 Å². The number of carbonyl (C=O) groups is 3. The van der Waals surface area contributed by atoms with E-state index in [0.29, 0.717) is 6.54 Å². The Bertz CT molecular complexity index is 348. The number of carbonyl (C=O) groups excluding carboxylic acids is 3. The normalized spacial score (nSPS) is 12.4. The van der Waals surface area contributed by atoms with E-state index in [9.17, 15) is 14.4 Å². The highest BCUT2D eigenvalue weighted by Gasteiger charge is 2.19. The molecular weight excluding hydrogens is 260 g/mol. The average Bonchev–Trinajstić information content (AvgIpc) is 2.31. The molecule has 6 heteroatoms. The van der Waals surface area contributed by atoms with Crippen LogP contribution in [0.25, 0.3) is 0 Å². The van der Waals surface area contributed by atoms with Crippen LogP contribution < -0.4 is 10.6 Å². The summed E-state index contributed by atoms with van der Waals surface area (Å²) in [6.45, 7) is 9.44. The van der Waals surface area contributed by atoms with Gasteiger partial charge in [0.1, 0.15) is 11.6 Å². The number of hydrogen-bond donors (Lipinski definition) is 2. The molecule has 6 nitrogen and oxygen atoms in total. The third kappa shape index (κ3) is 9.35. The minimum absolute atomic E-state index is 0.00635. The zero-order valence-corrected chi connectivity index (χ0v) is 13.0. The Hall–Kier alpha value is -1.59.